The molecule has 32 heavy (non-hydrogen) atoms. The fourth-order valence-corrected chi connectivity index (χ4v) is 5.19. The highest BCUT2D eigenvalue weighted by atomic mass is 16.5. The average molecular weight is 445 g/mol. The molecule has 0 aromatic heterocycles. The molecule has 174 valence electrons. The second-order valence-corrected chi connectivity index (χ2v) is 8.69. The van der Waals surface area contributed by atoms with Gasteiger partial charge in [-0.1, -0.05) is 31.0 Å². The minimum absolute atomic E-state index is 0.0103. The summed E-state index contributed by atoms with van der Waals surface area (Å²) in [6.07, 6.45) is 3.76. The van der Waals surface area contributed by atoms with Crippen LogP contribution in [0.5, 0.6) is 5.75 Å². The van der Waals surface area contributed by atoms with Crippen LogP contribution in [-0.4, -0.2) is 78.6 Å². The molecule has 4 atom stereocenters. The van der Waals surface area contributed by atoms with Crippen LogP contribution in [0.1, 0.15) is 37.2 Å². The Bertz CT molecular complexity index is 866. The number of carbonyl (C=O) groups excluding carboxylic acids is 2. The Morgan fingerprint density at radius 2 is 2.00 bits per heavy atom. The van der Waals surface area contributed by atoms with E-state index in [1.165, 1.54) is 0 Å². The Morgan fingerprint density at radius 1 is 1.25 bits per heavy atom. The lowest BCUT2D eigenvalue weighted by Gasteiger charge is -2.41. The summed E-state index contributed by atoms with van der Waals surface area (Å²) in [4.78, 5) is 28.1. The zero-order chi connectivity index (χ0) is 22.7. The summed E-state index contributed by atoms with van der Waals surface area (Å²) < 4.78 is 11.4. The van der Waals surface area contributed by atoms with Crippen LogP contribution in [0.15, 0.2) is 35.9 Å². The van der Waals surface area contributed by atoms with Crippen LogP contribution in [0.3, 0.4) is 0 Å². The Hall–Kier alpha value is -2.42. The lowest BCUT2D eigenvalue weighted by Crippen LogP contribution is -2.57. The van der Waals surface area contributed by atoms with Crippen LogP contribution in [0.25, 0.3) is 0 Å². The third kappa shape index (κ3) is 4.27. The molecule has 0 spiro atoms. The highest BCUT2D eigenvalue weighted by molar-refractivity contribution is 5.96. The summed E-state index contributed by atoms with van der Waals surface area (Å²) >= 11 is 0. The summed E-state index contributed by atoms with van der Waals surface area (Å²) in [6, 6.07) is 6.74. The zero-order valence-electron chi connectivity index (χ0n) is 18.4. The second-order valence-electron chi connectivity index (χ2n) is 8.69. The number of benzene rings is 1. The SMILES string of the molecule is COCCN(C(=O)C1CCCC1)C1C=C(C(=O)NCCO)C2c3ccccc3OC2C1O. The number of nitrogens with one attached hydrogen (secondary N) is 1. The second kappa shape index (κ2) is 10.0. The first-order chi connectivity index (χ1) is 15.6. The number of para-hydroxylation sites is 1. The van der Waals surface area contributed by atoms with E-state index < -0.39 is 24.2 Å². The van der Waals surface area contributed by atoms with Gasteiger partial charge in [-0.15, -0.1) is 0 Å². The van der Waals surface area contributed by atoms with Crippen LogP contribution in [0, 0.1) is 5.92 Å². The van der Waals surface area contributed by atoms with Crippen LogP contribution in [0.2, 0.25) is 0 Å². The fraction of sp³-hybridized carbons (Fsp3) is 0.583. The molecule has 1 heterocycles. The van der Waals surface area contributed by atoms with Gasteiger partial charge >= 0.3 is 0 Å². The van der Waals surface area contributed by atoms with Crippen LogP contribution < -0.4 is 10.1 Å². The van der Waals surface area contributed by atoms with Crippen molar-refractivity contribution in [3.8, 4) is 5.75 Å². The van der Waals surface area contributed by atoms with Gasteiger partial charge in [0.15, 0.2) is 0 Å². The van der Waals surface area contributed by atoms with Crippen molar-refractivity contribution in [3.05, 3.63) is 41.5 Å². The third-order valence-corrected chi connectivity index (χ3v) is 6.76. The Labute approximate surface area is 188 Å². The predicted molar refractivity (Wildman–Crippen MR) is 117 cm³/mol. The average Bonchev–Trinajstić information content (AvgIpc) is 3.47. The number of aliphatic hydroxyl groups excluding tert-OH is 2. The van der Waals surface area contributed by atoms with Crippen molar-refractivity contribution in [2.24, 2.45) is 5.92 Å². The molecule has 4 rings (SSSR count). The molecule has 0 radical (unpaired) electrons. The molecule has 8 heteroatoms. The van der Waals surface area contributed by atoms with Crippen LogP contribution in [-0.2, 0) is 14.3 Å². The van der Waals surface area contributed by atoms with Gasteiger partial charge in [0.2, 0.25) is 11.8 Å². The van der Waals surface area contributed by atoms with Gasteiger partial charge in [0.05, 0.1) is 25.2 Å². The molecular formula is C24H32N2O6. The zero-order valence-corrected chi connectivity index (χ0v) is 18.4. The van der Waals surface area contributed by atoms with Crippen molar-refractivity contribution in [2.75, 3.05) is 33.4 Å². The highest BCUT2D eigenvalue weighted by Gasteiger charge is 2.50. The lowest BCUT2D eigenvalue weighted by atomic mass is 9.77. The van der Waals surface area contributed by atoms with Crippen molar-refractivity contribution < 1.29 is 29.3 Å². The molecule has 2 aliphatic carbocycles. The van der Waals surface area contributed by atoms with Crippen molar-refractivity contribution in [2.45, 2.75) is 49.9 Å². The summed E-state index contributed by atoms with van der Waals surface area (Å²) in [5, 5.41) is 23.3. The van der Waals surface area contributed by atoms with Gasteiger partial charge in [0, 0.05) is 37.3 Å². The smallest absolute Gasteiger partial charge is 0.247 e. The third-order valence-electron chi connectivity index (χ3n) is 6.76. The van der Waals surface area contributed by atoms with Gasteiger partial charge in [-0.25, -0.2) is 0 Å². The number of rotatable bonds is 8. The van der Waals surface area contributed by atoms with E-state index >= 15 is 0 Å². The fourth-order valence-electron chi connectivity index (χ4n) is 5.19. The maximum atomic E-state index is 13.4. The van der Waals surface area contributed by atoms with Gasteiger partial charge in [-0.05, 0) is 25.0 Å². The van der Waals surface area contributed by atoms with Crippen LogP contribution in [0.4, 0.5) is 0 Å². The molecule has 0 saturated heterocycles. The van der Waals surface area contributed by atoms with E-state index in [4.69, 9.17) is 14.6 Å². The first kappa shape index (κ1) is 22.8. The van der Waals surface area contributed by atoms with E-state index in [2.05, 4.69) is 5.32 Å². The van der Waals surface area contributed by atoms with E-state index in [0.29, 0.717) is 24.5 Å². The standard InChI is InChI=1S/C24H32N2O6/c1-31-13-11-26(24(30)15-6-2-3-7-15)18-14-17(23(29)25-10-12-27)20-16-8-4-5-9-19(16)32-22(20)21(18)28/h4-5,8-9,14-15,18,20-22,27-28H,2-3,6-7,10-13H2,1H3,(H,25,29). The number of aliphatic hydroxyl groups is 2. The molecule has 0 bridgehead atoms. The maximum absolute atomic E-state index is 13.4. The van der Waals surface area contributed by atoms with E-state index in [9.17, 15) is 14.7 Å². The molecule has 1 aromatic carbocycles. The first-order valence-electron chi connectivity index (χ1n) is 11.4. The summed E-state index contributed by atoms with van der Waals surface area (Å²) in [6.45, 7) is 0.598. The van der Waals surface area contributed by atoms with Crippen LogP contribution >= 0.6 is 0 Å². The van der Waals surface area contributed by atoms with E-state index in [-0.39, 0.29) is 30.9 Å². The first-order valence-corrected chi connectivity index (χ1v) is 11.4. The number of methoxy groups -OCH3 is 1. The van der Waals surface area contributed by atoms with Gasteiger partial charge < -0.3 is 29.9 Å². The molecule has 1 saturated carbocycles. The van der Waals surface area contributed by atoms with E-state index in [1.807, 2.05) is 24.3 Å². The predicted octanol–water partition coefficient (Wildman–Crippen LogP) is 0.974. The molecule has 2 amide bonds. The van der Waals surface area contributed by atoms with Crippen molar-refractivity contribution in [1.82, 2.24) is 10.2 Å². The normalized spacial score (nSPS) is 26.7. The summed E-state index contributed by atoms with van der Waals surface area (Å²) in [7, 11) is 1.58. The quantitative estimate of drug-likeness (QED) is 0.552. The highest BCUT2D eigenvalue weighted by Crippen LogP contribution is 2.47. The summed E-state index contributed by atoms with van der Waals surface area (Å²) in [5.41, 5.74) is 1.29. The molecule has 4 unspecified atom stereocenters. The molecule has 1 fully saturated rings. The number of hydrogen-bond acceptors (Lipinski definition) is 6. The van der Waals surface area contributed by atoms with Gasteiger partial charge in [0.1, 0.15) is 18.0 Å². The number of hydrogen-bond donors (Lipinski definition) is 3. The van der Waals surface area contributed by atoms with Gasteiger partial charge in [-0.3, -0.25) is 9.59 Å². The number of amides is 2. The molecule has 3 N–H and O–H groups in total. The maximum Gasteiger partial charge on any atom is 0.247 e. The molecule has 3 aliphatic rings. The Kier molecular flexibility index (Phi) is 7.13. The number of nitrogens with zero attached hydrogens (tertiary/aromatic N) is 1. The Morgan fingerprint density at radius 3 is 2.72 bits per heavy atom. The van der Waals surface area contributed by atoms with E-state index in [0.717, 1.165) is 31.2 Å². The summed E-state index contributed by atoms with van der Waals surface area (Å²) in [5.74, 6) is -0.218. The lowest BCUT2D eigenvalue weighted by molar-refractivity contribution is -0.142. The minimum atomic E-state index is -0.996. The molecule has 8 nitrogen and oxygen atoms in total. The van der Waals surface area contributed by atoms with Crippen molar-refractivity contribution >= 4 is 11.8 Å². The number of ether oxygens (including phenoxy) is 2. The molecule has 1 aliphatic heterocycles. The topological polar surface area (TPSA) is 108 Å². The largest absolute Gasteiger partial charge is 0.486 e. The number of fused-ring (bicyclic) bond motifs is 3. The van der Waals surface area contributed by atoms with Gasteiger partial charge in [0.25, 0.3) is 0 Å². The van der Waals surface area contributed by atoms with Crippen molar-refractivity contribution in [3.63, 3.8) is 0 Å². The Balaban J connectivity index is 1.71. The minimum Gasteiger partial charge on any atom is -0.486 e. The van der Waals surface area contributed by atoms with E-state index in [1.54, 1.807) is 18.1 Å². The van der Waals surface area contributed by atoms with Crippen molar-refractivity contribution in [1.29, 1.82) is 0 Å². The molecule has 1 aromatic rings. The molecular weight excluding hydrogens is 412 g/mol. The van der Waals surface area contributed by atoms with Gasteiger partial charge in [-0.2, -0.15) is 0 Å². The monoisotopic (exact) mass is 444 g/mol. The number of carbonyl (C=O) groups is 2.